The quantitative estimate of drug-likeness (QED) is 0.883. The van der Waals surface area contributed by atoms with Gasteiger partial charge in [0, 0.05) is 33.9 Å². The van der Waals surface area contributed by atoms with Gasteiger partial charge in [-0.1, -0.05) is 35.3 Å². The van der Waals surface area contributed by atoms with Gasteiger partial charge in [0.25, 0.3) is 0 Å². The van der Waals surface area contributed by atoms with E-state index in [1.807, 2.05) is 42.5 Å². The zero-order valence-corrected chi connectivity index (χ0v) is 11.4. The molecular weight excluding hydrogens is 269 g/mol. The number of benzene rings is 2. The average Bonchev–Trinajstić information content (AvgIpc) is 2.38. The van der Waals surface area contributed by atoms with E-state index in [0.29, 0.717) is 16.6 Å². The highest BCUT2D eigenvalue weighted by Gasteiger charge is 2.05. The van der Waals surface area contributed by atoms with Crippen molar-refractivity contribution in [1.82, 2.24) is 0 Å². The molecule has 0 aliphatic heterocycles. The summed E-state index contributed by atoms with van der Waals surface area (Å²) in [6, 6.07) is 13.2. The van der Waals surface area contributed by atoms with E-state index in [0.717, 1.165) is 17.0 Å². The molecule has 0 aliphatic carbocycles. The molecule has 4 heteroatoms. The lowest BCUT2D eigenvalue weighted by Crippen LogP contribution is -2.01. The monoisotopic (exact) mass is 281 g/mol. The molecular formula is C14H13Cl2NO. The summed E-state index contributed by atoms with van der Waals surface area (Å²) in [4.78, 5) is 0. The summed E-state index contributed by atoms with van der Waals surface area (Å²) < 4.78 is 5.16. The van der Waals surface area contributed by atoms with Crippen LogP contribution in [0.1, 0.15) is 5.56 Å². The number of methoxy groups -OCH3 is 1. The van der Waals surface area contributed by atoms with Crippen molar-refractivity contribution in [2.45, 2.75) is 6.54 Å². The molecule has 94 valence electrons. The number of hydrogen-bond acceptors (Lipinski definition) is 2. The van der Waals surface area contributed by atoms with Crippen LogP contribution in [-0.2, 0) is 6.54 Å². The Balaban J connectivity index is 2.11. The van der Waals surface area contributed by atoms with Gasteiger partial charge in [-0.15, -0.1) is 0 Å². The minimum Gasteiger partial charge on any atom is -0.497 e. The Morgan fingerprint density at radius 2 is 1.72 bits per heavy atom. The van der Waals surface area contributed by atoms with Crippen LogP contribution in [0.4, 0.5) is 5.69 Å². The van der Waals surface area contributed by atoms with Gasteiger partial charge in [0.2, 0.25) is 0 Å². The second kappa shape index (κ2) is 5.98. The highest BCUT2D eigenvalue weighted by Crippen LogP contribution is 2.25. The summed E-state index contributed by atoms with van der Waals surface area (Å²) in [5.74, 6) is 0.810. The Hall–Kier alpha value is -1.38. The van der Waals surface area contributed by atoms with Crippen molar-refractivity contribution in [2.24, 2.45) is 0 Å². The predicted octanol–water partition coefficient (Wildman–Crippen LogP) is 4.61. The van der Waals surface area contributed by atoms with Gasteiger partial charge in [0.05, 0.1) is 7.11 Å². The van der Waals surface area contributed by atoms with Gasteiger partial charge in [-0.3, -0.25) is 0 Å². The zero-order valence-electron chi connectivity index (χ0n) is 9.91. The van der Waals surface area contributed by atoms with Crippen LogP contribution < -0.4 is 10.1 Å². The number of rotatable bonds is 4. The van der Waals surface area contributed by atoms with E-state index in [2.05, 4.69) is 5.32 Å². The molecule has 0 atom stereocenters. The fraction of sp³-hybridized carbons (Fsp3) is 0.143. The molecule has 1 N–H and O–H groups in total. The molecule has 2 nitrogen and oxygen atoms in total. The second-order valence-corrected chi connectivity index (χ2v) is 4.60. The Morgan fingerprint density at radius 1 is 1.06 bits per heavy atom. The summed E-state index contributed by atoms with van der Waals surface area (Å²) in [7, 11) is 1.64. The summed E-state index contributed by atoms with van der Waals surface area (Å²) >= 11 is 12.2. The molecule has 0 aromatic heterocycles. The van der Waals surface area contributed by atoms with Gasteiger partial charge in [-0.05, 0) is 24.3 Å². The Bertz CT molecular complexity index is 523. The fourth-order valence-corrected chi connectivity index (χ4v) is 2.16. The molecule has 2 aromatic rings. The average molecular weight is 282 g/mol. The molecule has 0 aliphatic rings. The molecule has 2 aromatic carbocycles. The van der Waals surface area contributed by atoms with Crippen molar-refractivity contribution in [3.63, 3.8) is 0 Å². The zero-order chi connectivity index (χ0) is 13.0. The second-order valence-electron chi connectivity index (χ2n) is 3.79. The molecule has 2 rings (SSSR count). The van der Waals surface area contributed by atoms with Crippen LogP contribution >= 0.6 is 23.2 Å². The topological polar surface area (TPSA) is 21.3 Å². The third kappa shape index (κ3) is 3.09. The van der Waals surface area contributed by atoms with E-state index in [1.54, 1.807) is 7.11 Å². The summed E-state index contributed by atoms with van der Waals surface area (Å²) in [6.45, 7) is 0.575. The van der Waals surface area contributed by atoms with Crippen molar-refractivity contribution in [2.75, 3.05) is 12.4 Å². The first kappa shape index (κ1) is 13.1. The first-order valence-electron chi connectivity index (χ1n) is 5.51. The lowest BCUT2D eigenvalue weighted by molar-refractivity contribution is 0.415. The standard InChI is InChI=1S/C14H13Cl2NO/c1-18-11-5-2-4-10(8-11)17-9-12-13(15)6-3-7-14(12)16/h2-8,17H,9H2,1H3. The Labute approximate surface area is 116 Å². The van der Waals surface area contributed by atoms with Crippen molar-refractivity contribution in [1.29, 1.82) is 0 Å². The maximum absolute atomic E-state index is 6.11. The summed E-state index contributed by atoms with van der Waals surface area (Å²) in [5, 5.41) is 4.60. The first-order valence-corrected chi connectivity index (χ1v) is 6.27. The molecule has 0 saturated carbocycles. The van der Waals surface area contributed by atoms with Crippen molar-refractivity contribution in [3.8, 4) is 5.75 Å². The molecule has 0 radical (unpaired) electrons. The summed E-state index contributed by atoms with van der Waals surface area (Å²) in [6.07, 6.45) is 0. The first-order chi connectivity index (χ1) is 8.70. The maximum atomic E-state index is 6.11. The van der Waals surface area contributed by atoms with E-state index in [-0.39, 0.29) is 0 Å². The minimum atomic E-state index is 0.575. The molecule has 0 fully saturated rings. The van der Waals surface area contributed by atoms with E-state index in [4.69, 9.17) is 27.9 Å². The number of hydrogen-bond donors (Lipinski definition) is 1. The van der Waals surface area contributed by atoms with Crippen LogP contribution in [0, 0.1) is 0 Å². The lowest BCUT2D eigenvalue weighted by atomic mass is 10.2. The third-order valence-corrected chi connectivity index (χ3v) is 3.31. The van der Waals surface area contributed by atoms with Gasteiger partial charge < -0.3 is 10.1 Å². The highest BCUT2D eigenvalue weighted by molar-refractivity contribution is 6.36. The third-order valence-electron chi connectivity index (χ3n) is 2.60. The Kier molecular flexibility index (Phi) is 4.34. The van der Waals surface area contributed by atoms with Crippen LogP contribution in [-0.4, -0.2) is 7.11 Å². The number of halogens is 2. The van der Waals surface area contributed by atoms with Gasteiger partial charge in [0.1, 0.15) is 5.75 Å². The van der Waals surface area contributed by atoms with Gasteiger partial charge in [-0.2, -0.15) is 0 Å². The maximum Gasteiger partial charge on any atom is 0.120 e. The van der Waals surface area contributed by atoms with Gasteiger partial charge >= 0.3 is 0 Å². The fourth-order valence-electron chi connectivity index (χ4n) is 1.62. The lowest BCUT2D eigenvalue weighted by Gasteiger charge is -2.10. The molecule has 0 unspecified atom stereocenters. The molecule has 0 spiro atoms. The number of nitrogens with one attached hydrogen (secondary N) is 1. The Morgan fingerprint density at radius 3 is 2.39 bits per heavy atom. The minimum absolute atomic E-state index is 0.575. The molecule has 0 saturated heterocycles. The largest absolute Gasteiger partial charge is 0.497 e. The molecule has 0 heterocycles. The van der Waals surface area contributed by atoms with Crippen LogP contribution in [0.2, 0.25) is 10.0 Å². The molecule has 0 amide bonds. The van der Waals surface area contributed by atoms with E-state index in [9.17, 15) is 0 Å². The summed E-state index contributed by atoms with van der Waals surface area (Å²) in [5.41, 5.74) is 1.86. The van der Waals surface area contributed by atoms with Gasteiger partial charge in [0.15, 0.2) is 0 Å². The number of ether oxygens (including phenoxy) is 1. The molecule has 0 bridgehead atoms. The van der Waals surface area contributed by atoms with Crippen LogP contribution in [0.25, 0.3) is 0 Å². The van der Waals surface area contributed by atoms with Crippen molar-refractivity contribution in [3.05, 3.63) is 58.1 Å². The normalized spacial score (nSPS) is 10.2. The molecule has 18 heavy (non-hydrogen) atoms. The van der Waals surface area contributed by atoms with Crippen LogP contribution in [0.3, 0.4) is 0 Å². The highest BCUT2D eigenvalue weighted by atomic mass is 35.5. The van der Waals surface area contributed by atoms with E-state index < -0.39 is 0 Å². The van der Waals surface area contributed by atoms with Crippen LogP contribution in [0.5, 0.6) is 5.75 Å². The SMILES string of the molecule is COc1cccc(NCc2c(Cl)cccc2Cl)c1. The van der Waals surface area contributed by atoms with E-state index in [1.165, 1.54) is 0 Å². The van der Waals surface area contributed by atoms with E-state index >= 15 is 0 Å². The van der Waals surface area contributed by atoms with Gasteiger partial charge in [-0.25, -0.2) is 0 Å². The van der Waals surface area contributed by atoms with Crippen molar-refractivity contribution < 1.29 is 4.74 Å². The van der Waals surface area contributed by atoms with Crippen molar-refractivity contribution >= 4 is 28.9 Å². The smallest absolute Gasteiger partial charge is 0.120 e. The van der Waals surface area contributed by atoms with Crippen LogP contribution in [0.15, 0.2) is 42.5 Å². The predicted molar refractivity (Wildman–Crippen MR) is 76.8 cm³/mol. The number of anilines is 1.